The van der Waals surface area contributed by atoms with Crippen molar-refractivity contribution in [3.8, 4) is 0 Å². The van der Waals surface area contributed by atoms with Gasteiger partial charge < -0.3 is 4.90 Å². The number of nitrogens with zero attached hydrogens (tertiary/aromatic N) is 3. The van der Waals surface area contributed by atoms with Crippen molar-refractivity contribution in [3.63, 3.8) is 0 Å². The molecule has 0 saturated heterocycles. The predicted octanol–water partition coefficient (Wildman–Crippen LogP) is 3.83. The summed E-state index contributed by atoms with van der Waals surface area (Å²) in [5, 5.41) is 3.74. The Labute approximate surface area is 149 Å². The van der Waals surface area contributed by atoms with Crippen LogP contribution in [0.3, 0.4) is 0 Å². The van der Waals surface area contributed by atoms with Crippen molar-refractivity contribution in [2.75, 3.05) is 6.54 Å². The quantitative estimate of drug-likeness (QED) is 0.810. The smallest absolute Gasteiger partial charge is 0.282 e. The van der Waals surface area contributed by atoms with Gasteiger partial charge >= 0.3 is 0 Å². The van der Waals surface area contributed by atoms with Crippen molar-refractivity contribution in [2.45, 2.75) is 44.1 Å². The topological polar surface area (TPSA) is 38.1 Å². The Kier molecular flexibility index (Phi) is 4.25. The minimum Gasteiger partial charge on any atom is -0.335 e. The highest BCUT2D eigenvalue weighted by Gasteiger charge is 2.38. The van der Waals surface area contributed by atoms with Crippen LogP contribution in [0.4, 0.5) is 13.2 Å². The molecule has 1 saturated carbocycles. The van der Waals surface area contributed by atoms with E-state index in [9.17, 15) is 18.0 Å². The first-order valence-electron chi connectivity index (χ1n) is 8.85. The largest absolute Gasteiger partial charge is 0.335 e. The van der Waals surface area contributed by atoms with Gasteiger partial charge in [-0.1, -0.05) is 12.1 Å². The van der Waals surface area contributed by atoms with Crippen LogP contribution in [0, 0.1) is 5.82 Å². The summed E-state index contributed by atoms with van der Waals surface area (Å²) >= 11 is 0. The molecule has 1 fully saturated rings. The molecule has 138 valence electrons. The lowest BCUT2D eigenvalue weighted by molar-refractivity contribution is 0.0719. The number of hydrogen-bond acceptors (Lipinski definition) is 2. The number of carbonyl (C=O) groups is 1. The number of alkyl halides is 2. The summed E-state index contributed by atoms with van der Waals surface area (Å²) in [7, 11) is 1.53. The van der Waals surface area contributed by atoms with E-state index in [4.69, 9.17) is 0 Å². The predicted molar refractivity (Wildman–Crippen MR) is 89.7 cm³/mol. The fourth-order valence-electron chi connectivity index (χ4n) is 3.89. The van der Waals surface area contributed by atoms with Gasteiger partial charge in [0.15, 0.2) is 0 Å². The minimum atomic E-state index is -2.79. The second kappa shape index (κ2) is 6.45. The lowest BCUT2D eigenvalue weighted by Gasteiger charge is -2.26. The van der Waals surface area contributed by atoms with E-state index in [1.54, 1.807) is 11.0 Å². The fourth-order valence-corrected chi connectivity index (χ4v) is 3.89. The third kappa shape index (κ3) is 2.99. The number of halogens is 3. The highest BCUT2D eigenvalue weighted by Crippen LogP contribution is 2.38. The molecule has 0 aliphatic heterocycles. The zero-order chi connectivity index (χ0) is 18.4. The summed E-state index contributed by atoms with van der Waals surface area (Å²) in [5.74, 6) is -0.570. The number of hydrogen-bond donors (Lipinski definition) is 0. The lowest BCUT2D eigenvalue weighted by Crippen LogP contribution is -2.36. The number of carbonyl (C=O) groups excluding carboxylic acids is 1. The third-order valence-corrected chi connectivity index (χ3v) is 5.30. The summed E-state index contributed by atoms with van der Waals surface area (Å²) in [4.78, 5) is 14.7. The summed E-state index contributed by atoms with van der Waals surface area (Å²) in [6, 6.07) is 5.12. The number of rotatable bonds is 5. The number of benzene rings is 1. The molecule has 26 heavy (non-hydrogen) atoms. The Bertz CT molecular complexity index is 845. The molecule has 2 aliphatic carbocycles. The molecule has 4 rings (SSSR count). The zero-order valence-corrected chi connectivity index (χ0v) is 14.5. The first-order chi connectivity index (χ1) is 12.5. The summed E-state index contributed by atoms with van der Waals surface area (Å²) in [5.41, 5.74) is 1.15. The van der Waals surface area contributed by atoms with Crippen molar-refractivity contribution in [2.24, 2.45) is 7.05 Å². The summed E-state index contributed by atoms with van der Waals surface area (Å²) < 4.78 is 41.7. The normalized spacial score (nSPS) is 19.0. The van der Waals surface area contributed by atoms with Crippen LogP contribution in [0.2, 0.25) is 0 Å². The average molecular weight is 363 g/mol. The lowest BCUT2D eigenvalue weighted by atomic mass is 10.00. The molecule has 2 aromatic rings. The van der Waals surface area contributed by atoms with E-state index < -0.39 is 18.0 Å². The van der Waals surface area contributed by atoms with Gasteiger partial charge in [0.05, 0.1) is 5.56 Å². The van der Waals surface area contributed by atoms with Crippen LogP contribution in [0.5, 0.6) is 0 Å². The molecule has 1 aromatic heterocycles. The molecule has 0 radical (unpaired) electrons. The Balaban J connectivity index is 1.61. The van der Waals surface area contributed by atoms with Crippen LogP contribution in [-0.2, 0) is 13.5 Å². The molecule has 0 N–H and O–H groups in total. The van der Waals surface area contributed by atoms with Crippen LogP contribution >= 0.6 is 0 Å². The van der Waals surface area contributed by atoms with Gasteiger partial charge in [0.25, 0.3) is 12.3 Å². The van der Waals surface area contributed by atoms with E-state index in [0.29, 0.717) is 13.0 Å². The van der Waals surface area contributed by atoms with Gasteiger partial charge in [0.1, 0.15) is 11.5 Å². The molecular formula is C19H20F3N3O. The number of aryl methyl sites for hydroxylation is 1. The van der Waals surface area contributed by atoms with Crippen molar-refractivity contribution >= 4 is 5.91 Å². The van der Waals surface area contributed by atoms with Crippen LogP contribution in [0.25, 0.3) is 0 Å². The standard InChI is InChI=1S/C19H20F3N3O/c1-24-10-15(17(23-24)18(21)22)19(26)25(12-6-7-12)9-11-5-8-14-13(11)3-2-4-16(14)20/h2-4,10-12,18H,5-9H2,1H3. The summed E-state index contributed by atoms with van der Waals surface area (Å²) in [6.45, 7) is 0.428. The van der Waals surface area contributed by atoms with E-state index in [-0.39, 0.29) is 23.3 Å². The van der Waals surface area contributed by atoms with Crippen molar-refractivity contribution in [3.05, 3.63) is 52.6 Å². The van der Waals surface area contributed by atoms with Crippen molar-refractivity contribution < 1.29 is 18.0 Å². The van der Waals surface area contributed by atoms with Gasteiger partial charge in [-0.3, -0.25) is 9.48 Å². The first-order valence-corrected chi connectivity index (χ1v) is 8.85. The molecule has 4 nitrogen and oxygen atoms in total. The zero-order valence-electron chi connectivity index (χ0n) is 14.5. The van der Waals surface area contributed by atoms with Gasteiger partial charge in [-0.15, -0.1) is 0 Å². The Morgan fingerprint density at radius 2 is 2.12 bits per heavy atom. The second-order valence-corrected chi connectivity index (χ2v) is 7.13. The monoisotopic (exact) mass is 363 g/mol. The van der Waals surface area contributed by atoms with Crippen LogP contribution in [-0.4, -0.2) is 33.2 Å². The first kappa shape index (κ1) is 17.1. The maximum absolute atomic E-state index is 14.0. The number of fused-ring (bicyclic) bond motifs is 1. The van der Waals surface area contributed by atoms with Gasteiger partial charge in [-0.25, -0.2) is 13.2 Å². The SMILES string of the molecule is Cn1cc(C(=O)N(CC2CCc3c(F)cccc32)C2CC2)c(C(F)F)n1. The van der Waals surface area contributed by atoms with Crippen LogP contribution in [0.1, 0.15) is 58.8 Å². The second-order valence-electron chi connectivity index (χ2n) is 7.13. The molecule has 1 heterocycles. The van der Waals surface area contributed by atoms with Crippen LogP contribution in [0.15, 0.2) is 24.4 Å². The Morgan fingerprint density at radius 1 is 1.35 bits per heavy atom. The maximum atomic E-state index is 14.0. The molecule has 1 aromatic carbocycles. The van der Waals surface area contributed by atoms with Gasteiger partial charge in [-0.05, 0) is 42.9 Å². The number of aromatic nitrogens is 2. The van der Waals surface area contributed by atoms with E-state index >= 15 is 0 Å². The molecule has 1 atom stereocenters. The van der Waals surface area contributed by atoms with E-state index in [1.807, 2.05) is 6.07 Å². The molecule has 0 spiro atoms. The fraction of sp³-hybridized carbons (Fsp3) is 0.474. The van der Waals surface area contributed by atoms with Gasteiger partial charge in [-0.2, -0.15) is 5.10 Å². The third-order valence-electron chi connectivity index (χ3n) is 5.30. The molecule has 2 aliphatic rings. The molecule has 1 amide bonds. The Morgan fingerprint density at radius 3 is 2.81 bits per heavy atom. The Hall–Kier alpha value is -2.31. The van der Waals surface area contributed by atoms with E-state index in [2.05, 4.69) is 5.10 Å². The average Bonchev–Trinajstić information content (AvgIpc) is 3.23. The van der Waals surface area contributed by atoms with Gasteiger partial charge in [0.2, 0.25) is 0 Å². The molecule has 7 heteroatoms. The highest BCUT2D eigenvalue weighted by molar-refractivity contribution is 5.95. The van der Waals surface area contributed by atoms with Crippen molar-refractivity contribution in [1.29, 1.82) is 0 Å². The van der Waals surface area contributed by atoms with Crippen molar-refractivity contribution in [1.82, 2.24) is 14.7 Å². The maximum Gasteiger partial charge on any atom is 0.282 e. The highest BCUT2D eigenvalue weighted by atomic mass is 19.3. The van der Waals surface area contributed by atoms with E-state index in [0.717, 1.165) is 30.4 Å². The number of amides is 1. The molecule has 0 bridgehead atoms. The van der Waals surface area contributed by atoms with Gasteiger partial charge in [0, 0.05) is 31.7 Å². The van der Waals surface area contributed by atoms with Crippen LogP contribution < -0.4 is 0 Å². The molecular weight excluding hydrogens is 343 g/mol. The van der Waals surface area contributed by atoms with E-state index in [1.165, 1.54) is 24.0 Å². The molecule has 1 unspecified atom stereocenters. The minimum absolute atomic E-state index is 0.0353. The summed E-state index contributed by atoms with van der Waals surface area (Å²) in [6.07, 6.45) is 1.73.